The van der Waals surface area contributed by atoms with Crippen LogP contribution in [0.2, 0.25) is 0 Å². The number of nitrogens with one attached hydrogen (secondary N) is 2. The van der Waals surface area contributed by atoms with Gasteiger partial charge in [0.15, 0.2) is 0 Å². The van der Waals surface area contributed by atoms with Gasteiger partial charge < -0.3 is 20.1 Å². The number of hydrogen-bond acceptors (Lipinski definition) is 4. The van der Waals surface area contributed by atoms with Crippen molar-refractivity contribution in [2.24, 2.45) is 0 Å². The number of halogens is 1. The van der Waals surface area contributed by atoms with Crippen LogP contribution >= 0.6 is 12.4 Å². The van der Waals surface area contributed by atoms with Crippen LogP contribution in [0.25, 0.3) is 0 Å². The Hall–Kier alpha value is -1.46. The molecule has 112 valence electrons. The summed E-state index contributed by atoms with van der Waals surface area (Å²) in [7, 11) is 3.14. The Balaban J connectivity index is 0.00000200. The second kappa shape index (κ2) is 7.97. The molecule has 1 aromatic rings. The summed E-state index contributed by atoms with van der Waals surface area (Å²) in [5.74, 6) is 1.12. The van der Waals surface area contributed by atoms with Gasteiger partial charge in [-0.25, -0.2) is 0 Å². The van der Waals surface area contributed by atoms with Crippen molar-refractivity contribution in [1.29, 1.82) is 0 Å². The van der Waals surface area contributed by atoms with Crippen molar-refractivity contribution in [2.45, 2.75) is 18.9 Å². The molecule has 5 nitrogen and oxygen atoms in total. The molecule has 1 aliphatic heterocycles. The molecule has 0 unspecified atom stereocenters. The second-order valence-corrected chi connectivity index (χ2v) is 4.56. The Morgan fingerprint density at radius 2 is 1.95 bits per heavy atom. The van der Waals surface area contributed by atoms with Crippen molar-refractivity contribution in [3.05, 3.63) is 23.8 Å². The Kier molecular flexibility index (Phi) is 6.61. The largest absolute Gasteiger partial charge is 0.497 e. The molecule has 1 heterocycles. The van der Waals surface area contributed by atoms with Crippen molar-refractivity contribution in [3.63, 3.8) is 0 Å². The first-order valence-corrected chi connectivity index (χ1v) is 6.48. The highest BCUT2D eigenvalue weighted by molar-refractivity contribution is 5.97. The maximum atomic E-state index is 12.2. The summed E-state index contributed by atoms with van der Waals surface area (Å²) in [6.45, 7) is 1.90. The molecular weight excluding hydrogens is 280 g/mol. The van der Waals surface area contributed by atoms with Gasteiger partial charge in [-0.05, 0) is 38.1 Å². The maximum absolute atomic E-state index is 12.2. The molecule has 2 rings (SSSR count). The van der Waals surface area contributed by atoms with Gasteiger partial charge in [0.2, 0.25) is 0 Å². The number of benzene rings is 1. The number of carbonyl (C=O) groups excluding carboxylic acids is 1. The molecule has 0 saturated carbocycles. The molecule has 0 radical (unpaired) electrons. The lowest BCUT2D eigenvalue weighted by atomic mass is 10.1. The summed E-state index contributed by atoms with van der Waals surface area (Å²) in [6, 6.07) is 5.45. The van der Waals surface area contributed by atoms with E-state index in [-0.39, 0.29) is 24.4 Å². The lowest BCUT2D eigenvalue weighted by Gasteiger charge is -2.24. The van der Waals surface area contributed by atoms with Crippen molar-refractivity contribution >= 4 is 18.3 Å². The third-order valence-electron chi connectivity index (χ3n) is 3.33. The molecule has 1 fully saturated rings. The fourth-order valence-corrected chi connectivity index (χ4v) is 2.22. The molecule has 6 heteroatoms. The molecule has 2 N–H and O–H groups in total. The average Bonchev–Trinajstić information content (AvgIpc) is 2.47. The summed E-state index contributed by atoms with van der Waals surface area (Å²) in [6.07, 6.45) is 1.93. The molecule has 0 aromatic heterocycles. The van der Waals surface area contributed by atoms with Crippen LogP contribution in [0, 0.1) is 0 Å². The normalized spacial score (nSPS) is 15.1. The standard InChI is InChI=1S/C14H20N2O3.ClH/c1-18-11-3-4-12(13(9-11)19-2)14(17)16-10-5-7-15-8-6-10;/h3-4,9-10,15H,5-8H2,1-2H3,(H,16,17);1H. The van der Waals surface area contributed by atoms with Gasteiger partial charge in [0.05, 0.1) is 19.8 Å². The number of amides is 1. The van der Waals surface area contributed by atoms with Crippen molar-refractivity contribution in [1.82, 2.24) is 10.6 Å². The predicted octanol–water partition coefficient (Wildman–Crippen LogP) is 1.61. The zero-order valence-corrected chi connectivity index (χ0v) is 12.6. The second-order valence-electron chi connectivity index (χ2n) is 4.56. The number of rotatable bonds is 4. The van der Waals surface area contributed by atoms with Gasteiger partial charge in [-0.15, -0.1) is 12.4 Å². The van der Waals surface area contributed by atoms with E-state index in [1.165, 1.54) is 0 Å². The topological polar surface area (TPSA) is 59.6 Å². The zero-order valence-electron chi connectivity index (χ0n) is 11.8. The smallest absolute Gasteiger partial charge is 0.255 e. The maximum Gasteiger partial charge on any atom is 0.255 e. The first kappa shape index (κ1) is 16.6. The van der Waals surface area contributed by atoms with E-state index in [9.17, 15) is 4.79 Å². The van der Waals surface area contributed by atoms with Gasteiger partial charge in [0.1, 0.15) is 11.5 Å². The molecular formula is C14H21ClN2O3. The minimum Gasteiger partial charge on any atom is -0.497 e. The van der Waals surface area contributed by atoms with E-state index in [1.54, 1.807) is 32.4 Å². The van der Waals surface area contributed by atoms with Gasteiger partial charge >= 0.3 is 0 Å². The summed E-state index contributed by atoms with van der Waals surface area (Å²) in [4.78, 5) is 12.2. The monoisotopic (exact) mass is 300 g/mol. The summed E-state index contributed by atoms with van der Waals surface area (Å²) >= 11 is 0. The number of hydrogen-bond donors (Lipinski definition) is 2. The number of ether oxygens (including phenoxy) is 2. The van der Waals surface area contributed by atoms with Gasteiger partial charge in [0.25, 0.3) is 5.91 Å². The summed E-state index contributed by atoms with van der Waals surface area (Å²) in [5.41, 5.74) is 0.543. The van der Waals surface area contributed by atoms with E-state index >= 15 is 0 Å². The average molecular weight is 301 g/mol. The molecule has 20 heavy (non-hydrogen) atoms. The zero-order chi connectivity index (χ0) is 13.7. The van der Waals surface area contributed by atoms with Crippen LogP contribution in [-0.4, -0.2) is 39.3 Å². The minimum absolute atomic E-state index is 0. The number of methoxy groups -OCH3 is 2. The lowest BCUT2D eigenvalue weighted by molar-refractivity contribution is 0.0926. The van der Waals surface area contributed by atoms with Crippen molar-refractivity contribution in [2.75, 3.05) is 27.3 Å². The van der Waals surface area contributed by atoms with Crippen LogP contribution in [0.3, 0.4) is 0 Å². The Morgan fingerprint density at radius 3 is 2.55 bits per heavy atom. The molecule has 1 aromatic carbocycles. The summed E-state index contributed by atoms with van der Waals surface area (Å²) in [5, 5.41) is 6.32. The van der Waals surface area contributed by atoms with Gasteiger partial charge in [-0.2, -0.15) is 0 Å². The van der Waals surface area contributed by atoms with E-state index in [0.717, 1.165) is 25.9 Å². The Morgan fingerprint density at radius 1 is 1.25 bits per heavy atom. The lowest BCUT2D eigenvalue weighted by Crippen LogP contribution is -2.42. The van der Waals surface area contributed by atoms with Gasteiger partial charge in [-0.3, -0.25) is 4.79 Å². The van der Waals surface area contributed by atoms with E-state index < -0.39 is 0 Å². The van der Waals surface area contributed by atoms with Crippen LogP contribution in [0.15, 0.2) is 18.2 Å². The fraction of sp³-hybridized carbons (Fsp3) is 0.500. The molecule has 0 spiro atoms. The van der Waals surface area contributed by atoms with Crippen LogP contribution in [0.1, 0.15) is 23.2 Å². The van der Waals surface area contributed by atoms with Crippen molar-refractivity contribution < 1.29 is 14.3 Å². The highest BCUT2D eigenvalue weighted by Crippen LogP contribution is 2.24. The first-order chi connectivity index (χ1) is 9.24. The molecule has 0 aliphatic carbocycles. The van der Waals surface area contributed by atoms with Crippen LogP contribution in [0.4, 0.5) is 0 Å². The van der Waals surface area contributed by atoms with E-state index in [0.29, 0.717) is 17.1 Å². The Labute approximate surface area is 125 Å². The van der Waals surface area contributed by atoms with Gasteiger partial charge in [0, 0.05) is 12.1 Å². The highest BCUT2D eigenvalue weighted by Gasteiger charge is 2.19. The van der Waals surface area contributed by atoms with Crippen LogP contribution in [-0.2, 0) is 0 Å². The van der Waals surface area contributed by atoms with E-state index in [4.69, 9.17) is 9.47 Å². The Bertz CT molecular complexity index is 448. The third-order valence-corrected chi connectivity index (χ3v) is 3.33. The molecule has 1 aliphatic rings. The fourth-order valence-electron chi connectivity index (χ4n) is 2.22. The number of piperidine rings is 1. The van der Waals surface area contributed by atoms with Crippen LogP contribution < -0.4 is 20.1 Å². The van der Waals surface area contributed by atoms with Gasteiger partial charge in [-0.1, -0.05) is 0 Å². The van der Waals surface area contributed by atoms with Crippen LogP contribution in [0.5, 0.6) is 11.5 Å². The highest BCUT2D eigenvalue weighted by atomic mass is 35.5. The molecule has 1 saturated heterocycles. The predicted molar refractivity (Wildman–Crippen MR) is 80.2 cm³/mol. The summed E-state index contributed by atoms with van der Waals surface area (Å²) < 4.78 is 10.4. The quantitative estimate of drug-likeness (QED) is 0.887. The van der Waals surface area contributed by atoms with E-state index in [2.05, 4.69) is 10.6 Å². The molecule has 0 bridgehead atoms. The third kappa shape index (κ3) is 4.02. The molecule has 0 atom stereocenters. The SMILES string of the molecule is COc1ccc(C(=O)NC2CCNCC2)c(OC)c1.Cl. The molecule has 1 amide bonds. The van der Waals surface area contributed by atoms with E-state index in [1.807, 2.05) is 0 Å². The van der Waals surface area contributed by atoms with Crippen molar-refractivity contribution in [3.8, 4) is 11.5 Å². The minimum atomic E-state index is -0.0913. The first-order valence-electron chi connectivity index (χ1n) is 6.48. The number of carbonyl (C=O) groups is 1.